The Balaban J connectivity index is 2.64. The van der Waals surface area contributed by atoms with E-state index in [0.29, 0.717) is 5.71 Å². The number of carbonyl (C=O) groups is 1. The van der Waals surface area contributed by atoms with Gasteiger partial charge in [-0.3, -0.25) is 9.36 Å². The maximum absolute atomic E-state index is 11.1. The van der Waals surface area contributed by atoms with Crippen molar-refractivity contribution in [3.8, 4) is 0 Å². The van der Waals surface area contributed by atoms with E-state index in [4.69, 9.17) is 5.41 Å². The van der Waals surface area contributed by atoms with Crippen LogP contribution in [0.1, 0.15) is 18.1 Å². The summed E-state index contributed by atoms with van der Waals surface area (Å²) in [5.74, 6) is -0.116. The average molecular weight is 151 g/mol. The second-order valence-corrected chi connectivity index (χ2v) is 2.32. The lowest BCUT2D eigenvalue weighted by Crippen LogP contribution is -2.11. The van der Waals surface area contributed by atoms with E-state index in [9.17, 15) is 4.79 Å². The summed E-state index contributed by atoms with van der Waals surface area (Å²) in [4.78, 5) is 14.8. The van der Waals surface area contributed by atoms with E-state index in [0.717, 1.165) is 0 Å². The van der Waals surface area contributed by atoms with Crippen LogP contribution < -0.4 is 0 Å². The molecule has 0 unspecified atom stereocenters. The average Bonchev–Trinajstić information content (AvgIpc) is 2.35. The van der Waals surface area contributed by atoms with Gasteiger partial charge >= 0.3 is 0 Å². The minimum Gasteiger partial charge on any atom is -0.309 e. The molecule has 0 radical (unpaired) electrons. The molecule has 4 heteroatoms. The van der Waals surface area contributed by atoms with E-state index < -0.39 is 0 Å². The first kappa shape index (κ1) is 7.65. The van der Waals surface area contributed by atoms with Crippen molar-refractivity contribution in [2.75, 3.05) is 0 Å². The summed E-state index contributed by atoms with van der Waals surface area (Å²) in [5.41, 5.74) is 0.365. The molecule has 0 aliphatic carbocycles. The Morgan fingerprint density at radius 3 is 2.91 bits per heavy atom. The molecule has 0 saturated heterocycles. The van der Waals surface area contributed by atoms with Crippen molar-refractivity contribution in [3.05, 3.63) is 18.7 Å². The standard InChI is InChI=1S/C7H9N3O/c1-6(8)4-7(11)10-3-2-9-5-10/h2-3,5,8H,4H2,1H3. The van der Waals surface area contributed by atoms with Crippen molar-refractivity contribution in [1.29, 1.82) is 5.41 Å². The van der Waals surface area contributed by atoms with Crippen LogP contribution in [0.3, 0.4) is 0 Å². The molecule has 0 aliphatic heterocycles. The first-order chi connectivity index (χ1) is 5.20. The highest BCUT2D eigenvalue weighted by Gasteiger charge is 2.03. The summed E-state index contributed by atoms with van der Waals surface area (Å²) < 4.78 is 1.37. The highest BCUT2D eigenvalue weighted by molar-refractivity contribution is 5.99. The molecule has 0 amide bonds. The number of carbonyl (C=O) groups excluding carboxylic acids is 1. The summed E-state index contributed by atoms with van der Waals surface area (Å²) >= 11 is 0. The van der Waals surface area contributed by atoms with Crippen LogP contribution in [0.2, 0.25) is 0 Å². The molecule has 1 heterocycles. The topological polar surface area (TPSA) is 58.7 Å². The largest absolute Gasteiger partial charge is 0.309 e. The van der Waals surface area contributed by atoms with Crippen LogP contribution in [0.25, 0.3) is 0 Å². The molecule has 1 aromatic rings. The lowest BCUT2D eigenvalue weighted by Gasteiger charge is -1.97. The summed E-state index contributed by atoms with van der Waals surface area (Å²) in [6.45, 7) is 1.61. The summed E-state index contributed by atoms with van der Waals surface area (Å²) in [5, 5.41) is 7.07. The molecule has 11 heavy (non-hydrogen) atoms. The molecule has 0 atom stereocenters. The fourth-order valence-electron chi connectivity index (χ4n) is 0.725. The molecular weight excluding hydrogens is 142 g/mol. The Morgan fingerprint density at radius 1 is 1.73 bits per heavy atom. The maximum atomic E-state index is 11.1. The smallest absolute Gasteiger partial charge is 0.237 e. The number of hydrogen-bond acceptors (Lipinski definition) is 3. The quantitative estimate of drug-likeness (QED) is 0.640. The molecule has 0 fully saturated rings. The van der Waals surface area contributed by atoms with Crippen LogP contribution in [0, 0.1) is 5.41 Å². The molecule has 1 aromatic heterocycles. The molecule has 1 N–H and O–H groups in total. The number of aromatic nitrogens is 2. The van der Waals surface area contributed by atoms with Gasteiger partial charge in [-0.05, 0) is 6.92 Å². The number of rotatable bonds is 2. The highest BCUT2D eigenvalue weighted by Crippen LogP contribution is 1.91. The minimum atomic E-state index is -0.116. The molecule has 1 rings (SSSR count). The predicted molar refractivity (Wildman–Crippen MR) is 40.9 cm³/mol. The van der Waals surface area contributed by atoms with Crippen molar-refractivity contribution in [3.63, 3.8) is 0 Å². The number of hydrogen-bond donors (Lipinski definition) is 1. The molecule has 0 bridgehead atoms. The molecule has 0 aliphatic rings. The van der Waals surface area contributed by atoms with Gasteiger partial charge in [-0.15, -0.1) is 0 Å². The Labute approximate surface area is 64.4 Å². The Bertz CT molecular complexity index is 263. The van der Waals surface area contributed by atoms with Crippen molar-refractivity contribution in [2.24, 2.45) is 0 Å². The monoisotopic (exact) mass is 151 g/mol. The Kier molecular flexibility index (Phi) is 2.15. The zero-order valence-corrected chi connectivity index (χ0v) is 6.24. The SMILES string of the molecule is CC(=N)CC(=O)n1ccnc1. The number of nitrogens with one attached hydrogen (secondary N) is 1. The summed E-state index contributed by atoms with van der Waals surface area (Å²) in [6.07, 6.45) is 4.71. The Morgan fingerprint density at radius 2 is 2.45 bits per heavy atom. The lowest BCUT2D eigenvalue weighted by molar-refractivity contribution is 0.0922. The van der Waals surface area contributed by atoms with Crippen molar-refractivity contribution in [2.45, 2.75) is 13.3 Å². The third-order valence-corrected chi connectivity index (χ3v) is 1.21. The van der Waals surface area contributed by atoms with Gasteiger partial charge < -0.3 is 5.41 Å². The first-order valence-electron chi connectivity index (χ1n) is 3.25. The summed E-state index contributed by atoms with van der Waals surface area (Å²) in [6, 6.07) is 0. The van der Waals surface area contributed by atoms with E-state index in [-0.39, 0.29) is 12.3 Å². The van der Waals surface area contributed by atoms with Gasteiger partial charge in [0, 0.05) is 18.1 Å². The van der Waals surface area contributed by atoms with Crippen LogP contribution in [-0.4, -0.2) is 21.2 Å². The van der Waals surface area contributed by atoms with Crippen molar-refractivity contribution >= 4 is 11.6 Å². The van der Waals surface area contributed by atoms with Crippen LogP contribution in [0.5, 0.6) is 0 Å². The van der Waals surface area contributed by atoms with Crippen LogP contribution in [-0.2, 0) is 0 Å². The van der Waals surface area contributed by atoms with E-state index in [1.165, 1.54) is 17.1 Å². The van der Waals surface area contributed by atoms with Crippen LogP contribution >= 0.6 is 0 Å². The fraction of sp³-hybridized carbons (Fsp3) is 0.286. The lowest BCUT2D eigenvalue weighted by atomic mass is 10.3. The minimum absolute atomic E-state index is 0.116. The van der Waals surface area contributed by atoms with Gasteiger partial charge in [0.1, 0.15) is 6.33 Å². The fourth-order valence-corrected chi connectivity index (χ4v) is 0.725. The van der Waals surface area contributed by atoms with Gasteiger partial charge in [0.05, 0.1) is 6.42 Å². The van der Waals surface area contributed by atoms with Gasteiger partial charge in [0.2, 0.25) is 5.91 Å². The van der Waals surface area contributed by atoms with Gasteiger partial charge in [-0.2, -0.15) is 0 Å². The summed E-state index contributed by atoms with van der Waals surface area (Å²) in [7, 11) is 0. The van der Waals surface area contributed by atoms with Crippen LogP contribution in [0.15, 0.2) is 18.7 Å². The van der Waals surface area contributed by atoms with E-state index in [2.05, 4.69) is 4.98 Å². The zero-order valence-electron chi connectivity index (χ0n) is 6.24. The molecular formula is C7H9N3O. The third kappa shape index (κ3) is 2.00. The van der Waals surface area contributed by atoms with Gasteiger partial charge in [0.25, 0.3) is 0 Å². The van der Waals surface area contributed by atoms with E-state index >= 15 is 0 Å². The van der Waals surface area contributed by atoms with E-state index in [1.807, 2.05) is 0 Å². The van der Waals surface area contributed by atoms with Gasteiger partial charge in [-0.25, -0.2) is 4.98 Å². The first-order valence-corrected chi connectivity index (χ1v) is 3.25. The second kappa shape index (κ2) is 3.09. The maximum Gasteiger partial charge on any atom is 0.237 e. The third-order valence-electron chi connectivity index (χ3n) is 1.21. The highest BCUT2D eigenvalue weighted by atomic mass is 16.2. The van der Waals surface area contributed by atoms with E-state index in [1.54, 1.807) is 13.1 Å². The predicted octanol–water partition coefficient (Wildman–Crippen LogP) is 0.953. The molecule has 4 nitrogen and oxygen atoms in total. The molecule has 58 valence electrons. The molecule has 0 saturated carbocycles. The number of nitrogens with zero attached hydrogens (tertiary/aromatic N) is 2. The van der Waals surface area contributed by atoms with Crippen LogP contribution in [0.4, 0.5) is 0 Å². The molecule has 0 spiro atoms. The normalized spacial score (nSPS) is 9.55. The van der Waals surface area contributed by atoms with Gasteiger partial charge in [-0.1, -0.05) is 0 Å². The number of imidazole rings is 1. The molecule has 0 aromatic carbocycles. The zero-order chi connectivity index (χ0) is 8.27. The van der Waals surface area contributed by atoms with Crippen molar-refractivity contribution in [1.82, 2.24) is 9.55 Å². The second-order valence-electron chi connectivity index (χ2n) is 2.32. The van der Waals surface area contributed by atoms with Gasteiger partial charge in [0.15, 0.2) is 0 Å². The van der Waals surface area contributed by atoms with Crippen molar-refractivity contribution < 1.29 is 4.79 Å². The Hall–Kier alpha value is -1.45.